The average molecular weight is 685 g/mol. The number of halogens is 1. The first-order chi connectivity index (χ1) is 22.1. The molecule has 0 amide bonds. The van der Waals surface area contributed by atoms with Crippen LogP contribution in [0, 0.1) is 13.8 Å². The van der Waals surface area contributed by atoms with E-state index >= 15 is 0 Å². The Labute approximate surface area is 297 Å². The fourth-order valence-corrected chi connectivity index (χ4v) is 6.48. The van der Waals surface area contributed by atoms with E-state index in [0.29, 0.717) is 5.02 Å². The Morgan fingerprint density at radius 2 is 1.60 bits per heavy atom. The topological polar surface area (TPSA) is 82.8 Å². The Morgan fingerprint density at radius 3 is 2.19 bits per heavy atom. The summed E-state index contributed by atoms with van der Waals surface area (Å²) in [7, 11) is 0. The smallest absolute Gasteiger partial charge is 0.102 e. The summed E-state index contributed by atoms with van der Waals surface area (Å²) in [5, 5.41) is 5.24. The highest BCUT2D eigenvalue weighted by Gasteiger charge is 2.28. The van der Waals surface area contributed by atoms with Crippen molar-refractivity contribution in [3.63, 3.8) is 0 Å². The Morgan fingerprint density at radius 1 is 0.979 bits per heavy atom. The molecule has 1 unspecified atom stereocenters. The van der Waals surface area contributed by atoms with Crippen LogP contribution in [-0.2, 0) is 16.0 Å². The molecule has 3 aromatic rings. The third kappa shape index (κ3) is 14.9. The molecule has 4 N–H and O–H groups in total. The second kappa shape index (κ2) is 21.8. The quantitative estimate of drug-likeness (QED) is 0.116. The second-order valence-electron chi connectivity index (χ2n) is 13.7. The molecule has 7 heteroatoms. The molecule has 3 rings (SSSR count). The Kier molecular flexibility index (Phi) is 19.9. The predicted molar refractivity (Wildman–Crippen MR) is 210 cm³/mol. The minimum absolute atomic E-state index is 0.248. The van der Waals surface area contributed by atoms with E-state index in [0.717, 1.165) is 41.4 Å². The minimum atomic E-state index is -0.527. The van der Waals surface area contributed by atoms with Gasteiger partial charge >= 0.3 is 0 Å². The molecule has 5 nitrogen and oxygen atoms in total. The molecule has 2 aromatic heterocycles. The van der Waals surface area contributed by atoms with Crippen LogP contribution in [0.15, 0.2) is 49.2 Å². The van der Waals surface area contributed by atoms with E-state index in [4.69, 9.17) is 23.1 Å². The van der Waals surface area contributed by atoms with Crippen LogP contribution in [0.4, 0.5) is 0 Å². The van der Waals surface area contributed by atoms with E-state index in [2.05, 4.69) is 88.5 Å². The number of nitrogens with two attached hydrogens (primary N) is 2. The molecule has 0 radical (unpaired) electrons. The van der Waals surface area contributed by atoms with Crippen LogP contribution in [0.2, 0.25) is 5.02 Å². The van der Waals surface area contributed by atoms with Gasteiger partial charge in [-0.1, -0.05) is 116 Å². The molecule has 0 aliphatic rings. The van der Waals surface area contributed by atoms with Gasteiger partial charge in [0.1, 0.15) is 4.87 Å². The third-order valence-electron chi connectivity index (χ3n) is 8.25. The lowest BCUT2D eigenvalue weighted by molar-refractivity contribution is 0.457. The Hall–Kier alpha value is -2.12. The number of allylic oxidation sites excluding steroid dienone is 1. The van der Waals surface area contributed by atoms with Gasteiger partial charge in [-0.3, -0.25) is 9.67 Å². The van der Waals surface area contributed by atoms with Crippen molar-refractivity contribution in [2.45, 2.75) is 149 Å². The van der Waals surface area contributed by atoms with Gasteiger partial charge in [0.25, 0.3) is 0 Å². The fraction of sp³-hybridized carbons (Fsp3) is 0.600. The number of unbranched alkanes of at least 4 members (excludes halogenated alkanes) is 5. The number of pyridine rings is 1. The summed E-state index contributed by atoms with van der Waals surface area (Å²) in [4.78, 5) is 3.84. The number of rotatable bonds is 16. The molecule has 264 valence electrons. The maximum Gasteiger partial charge on any atom is 0.102 e. The van der Waals surface area contributed by atoms with Crippen molar-refractivity contribution in [1.82, 2.24) is 14.8 Å². The van der Waals surface area contributed by atoms with Crippen LogP contribution >= 0.6 is 23.4 Å². The summed E-state index contributed by atoms with van der Waals surface area (Å²) in [5.41, 5.74) is 19.9. The molecule has 0 aliphatic heterocycles. The molecule has 0 aliphatic carbocycles. The van der Waals surface area contributed by atoms with Crippen molar-refractivity contribution in [3.8, 4) is 0 Å². The highest BCUT2D eigenvalue weighted by molar-refractivity contribution is 7.99. The molecule has 2 heterocycles. The first-order valence-corrected chi connectivity index (χ1v) is 19.1. The number of benzene rings is 1. The fourth-order valence-electron chi connectivity index (χ4n) is 5.47. The van der Waals surface area contributed by atoms with Gasteiger partial charge in [-0.15, -0.1) is 11.8 Å². The monoisotopic (exact) mass is 683 g/mol. The van der Waals surface area contributed by atoms with Crippen LogP contribution in [0.25, 0.3) is 5.57 Å². The van der Waals surface area contributed by atoms with Crippen LogP contribution < -0.4 is 11.5 Å². The van der Waals surface area contributed by atoms with Crippen molar-refractivity contribution in [3.05, 3.63) is 88.0 Å². The van der Waals surface area contributed by atoms with Gasteiger partial charge < -0.3 is 11.5 Å². The highest BCUT2D eigenvalue weighted by atomic mass is 35.5. The SMILES string of the molecule is C=C(CCCCCCC)c1ccccc1C(C)(C)CCCC.CCN.Cc1cc(C(C)(N)SCc2cc(C)c(Cl)cn2)n(C(C)C)n1. The van der Waals surface area contributed by atoms with Crippen molar-refractivity contribution >= 4 is 28.9 Å². The number of aromatic nitrogens is 3. The molecule has 0 saturated carbocycles. The van der Waals surface area contributed by atoms with Gasteiger partial charge in [0.05, 0.1) is 22.1 Å². The van der Waals surface area contributed by atoms with E-state index in [9.17, 15) is 0 Å². The van der Waals surface area contributed by atoms with Gasteiger partial charge in [-0.25, -0.2) is 0 Å². The number of hydrogen-bond acceptors (Lipinski definition) is 5. The Balaban J connectivity index is 0.000000434. The number of thioether (sulfide) groups is 1. The van der Waals surface area contributed by atoms with E-state index in [1.807, 2.05) is 38.4 Å². The summed E-state index contributed by atoms with van der Waals surface area (Å²) in [6.45, 7) is 26.6. The molecule has 0 fully saturated rings. The van der Waals surface area contributed by atoms with Crippen LogP contribution in [0.5, 0.6) is 0 Å². The van der Waals surface area contributed by atoms with Gasteiger partial charge in [0, 0.05) is 18.0 Å². The first-order valence-electron chi connectivity index (χ1n) is 17.7. The molecule has 0 saturated heterocycles. The van der Waals surface area contributed by atoms with Crippen molar-refractivity contribution < 1.29 is 0 Å². The molecule has 0 spiro atoms. The first kappa shape index (κ1) is 42.9. The van der Waals surface area contributed by atoms with E-state index in [1.54, 1.807) is 18.0 Å². The zero-order valence-electron chi connectivity index (χ0n) is 31.4. The number of nitrogens with zero attached hydrogens (tertiary/aromatic N) is 3. The van der Waals surface area contributed by atoms with E-state index in [1.165, 1.54) is 68.1 Å². The van der Waals surface area contributed by atoms with Crippen LogP contribution in [-0.4, -0.2) is 21.3 Å². The molecule has 47 heavy (non-hydrogen) atoms. The van der Waals surface area contributed by atoms with E-state index < -0.39 is 4.87 Å². The maximum atomic E-state index is 6.55. The zero-order chi connectivity index (χ0) is 35.6. The third-order valence-corrected chi connectivity index (χ3v) is 9.90. The van der Waals surface area contributed by atoms with Gasteiger partial charge in [-0.05, 0) is 100 Å². The minimum Gasteiger partial charge on any atom is -0.331 e. The predicted octanol–water partition coefficient (Wildman–Crippen LogP) is 11.7. The lowest BCUT2D eigenvalue weighted by Crippen LogP contribution is -2.32. The average Bonchev–Trinajstić information content (AvgIpc) is 3.44. The highest BCUT2D eigenvalue weighted by Crippen LogP contribution is 2.36. The maximum absolute atomic E-state index is 6.55. The molecule has 1 aromatic carbocycles. The lowest BCUT2D eigenvalue weighted by Gasteiger charge is -2.28. The summed E-state index contributed by atoms with van der Waals surface area (Å²) in [6.07, 6.45) is 13.3. The number of hydrogen-bond donors (Lipinski definition) is 2. The van der Waals surface area contributed by atoms with Crippen molar-refractivity contribution in [2.24, 2.45) is 11.5 Å². The summed E-state index contributed by atoms with van der Waals surface area (Å²) in [6, 6.07) is 13.3. The molecule has 0 bridgehead atoms. The molecular weight excluding hydrogens is 618 g/mol. The summed E-state index contributed by atoms with van der Waals surface area (Å²) < 4.78 is 2.00. The molecular formula is C40H66ClN5S. The van der Waals surface area contributed by atoms with Crippen LogP contribution in [0.1, 0.15) is 153 Å². The lowest BCUT2D eigenvalue weighted by atomic mass is 9.76. The van der Waals surface area contributed by atoms with Crippen molar-refractivity contribution in [1.29, 1.82) is 0 Å². The normalized spacial score (nSPS) is 12.6. The standard InChI is InChI=1S/C22H36.C16H23ClN4S.C2H7N/c1-6-8-10-11-12-15-19(3)20-16-13-14-17-21(20)22(4,5)18-9-7-2;1-10(2)21-15(7-12(4)20-21)16(5,18)22-9-13-6-11(3)14(17)8-19-13;1-2-3/h13-14,16-17H,3,6-12,15,18H2,1-2,4-5H3;6-8,10H,9,18H2,1-5H3;2-3H2,1H3. The Bertz CT molecular complexity index is 1330. The summed E-state index contributed by atoms with van der Waals surface area (Å²) >= 11 is 7.68. The number of aryl methyl sites for hydroxylation is 2. The van der Waals surface area contributed by atoms with Gasteiger partial charge in [0.2, 0.25) is 0 Å². The second-order valence-corrected chi connectivity index (χ2v) is 15.6. The summed E-state index contributed by atoms with van der Waals surface area (Å²) in [5.74, 6) is 0.729. The zero-order valence-corrected chi connectivity index (χ0v) is 33.0. The molecule has 1 atom stereocenters. The van der Waals surface area contributed by atoms with E-state index in [-0.39, 0.29) is 11.5 Å². The van der Waals surface area contributed by atoms with Gasteiger partial charge in [0.15, 0.2) is 0 Å². The van der Waals surface area contributed by atoms with Gasteiger partial charge in [-0.2, -0.15) is 5.10 Å². The largest absolute Gasteiger partial charge is 0.331 e. The van der Waals surface area contributed by atoms with Crippen LogP contribution in [0.3, 0.4) is 0 Å². The van der Waals surface area contributed by atoms with Crippen molar-refractivity contribution in [2.75, 3.05) is 6.54 Å².